The molecule has 2 aromatic rings. The molecule has 4 aliphatic rings. The zero-order valence-corrected chi connectivity index (χ0v) is 26.7. The summed E-state index contributed by atoms with van der Waals surface area (Å²) in [5.41, 5.74) is 0.639. The summed E-state index contributed by atoms with van der Waals surface area (Å²) in [4.78, 5) is 47.9. The van der Waals surface area contributed by atoms with Crippen molar-refractivity contribution in [3.05, 3.63) is 36.4 Å². The number of fused-ring (bicyclic) bond motifs is 3. The summed E-state index contributed by atoms with van der Waals surface area (Å²) in [5.74, 6) is -1.37. The smallest absolute Gasteiger partial charge is 0.297 e. The lowest BCUT2D eigenvalue weighted by Crippen LogP contribution is -2.46. The van der Waals surface area contributed by atoms with E-state index in [0.717, 1.165) is 43.1 Å². The van der Waals surface area contributed by atoms with Crippen LogP contribution in [0.2, 0.25) is 0 Å². The molecule has 2 aliphatic heterocycles. The summed E-state index contributed by atoms with van der Waals surface area (Å²) >= 11 is 0. The van der Waals surface area contributed by atoms with Crippen LogP contribution < -0.4 is 9.46 Å². The highest BCUT2D eigenvalue weighted by molar-refractivity contribution is 7.90. The first-order valence-corrected chi connectivity index (χ1v) is 17.7. The van der Waals surface area contributed by atoms with Crippen LogP contribution in [0.1, 0.15) is 91.0 Å². The molecule has 0 unspecified atom stereocenters. The molecule has 0 bridgehead atoms. The Morgan fingerprint density at radius 2 is 1.89 bits per heavy atom. The van der Waals surface area contributed by atoms with Crippen LogP contribution in [0.3, 0.4) is 0 Å². The quantitative estimate of drug-likeness (QED) is 0.462. The number of sulfonamides is 1. The fourth-order valence-corrected chi connectivity index (χ4v) is 8.38. The number of carbonyl (C=O) groups is 3. The van der Waals surface area contributed by atoms with Crippen LogP contribution >= 0.6 is 0 Å². The average molecular weight is 625 g/mol. The van der Waals surface area contributed by atoms with Gasteiger partial charge in [0, 0.05) is 24.8 Å². The molecular formula is C33H44N4O6S. The summed E-state index contributed by atoms with van der Waals surface area (Å²) < 4.78 is 36.2. The Kier molecular flexibility index (Phi) is 8.36. The molecule has 1 N–H and O–H groups in total. The summed E-state index contributed by atoms with van der Waals surface area (Å²) in [6.07, 6.45) is 9.71. The highest BCUT2D eigenvalue weighted by Crippen LogP contribution is 2.57. The van der Waals surface area contributed by atoms with E-state index in [1.807, 2.05) is 41.8 Å². The third-order valence-corrected chi connectivity index (χ3v) is 11.7. The number of allylic oxidation sites excluding steroid dienone is 2. The number of aromatic nitrogens is 2. The SMILES string of the molecule is CC(C)n1c(O[C@@H]2C[C@H]3C(=O)C[C@]4(C(=O)NS(=O)(=O)C5CC5)C[C@H]4/C=C\CCCCC[C@H](C)C(=O)N3C2)nc2ccccc21. The Hall–Kier alpha value is -3.21. The molecule has 3 fully saturated rings. The largest absolute Gasteiger partial charge is 0.459 e. The van der Waals surface area contributed by atoms with E-state index in [2.05, 4.69) is 24.6 Å². The lowest BCUT2D eigenvalue weighted by molar-refractivity contribution is -0.141. The van der Waals surface area contributed by atoms with Gasteiger partial charge in [-0.25, -0.2) is 8.42 Å². The number of rotatable bonds is 6. The molecule has 0 radical (unpaired) electrons. The molecule has 0 spiro atoms. The molecule has 6 rings (SSSR count). The molecule has 2 amide bonds. The minimum absolute atomic E-state index is 0.0812. The van der Waals surface area contributed by atoms with Crippen molar-refractivity contribution in [3.63, 3.8) is 0 Å². The number of para-hydroxylation sites is 2. The van der Waals surface area contributed by atoms with E-state index in [1.54, 1.807) is 4.90 Å². The van der Waals surface area contributed by atoms with Crippen LogP contribution in [0.15, 0.2) is 36.4 Å². The number of Topliss-reactive ketones (excluding diaryl/α,β-unsaturated/α-hetero) is 1. The van der Waals surface area contributed by atoms with Gasteiger partial charge in [0.25, 0.3) is 6.01 Å². The molecule has 1 aromatic heterocycles. The van der Waals surface area contributed by atoms with Crippen LogP contribution in [-0.4, -0.2) is 64.4 Å². The first-order valence-electron chi connectivity index (χ1n) is 16.2. The molecule has 11 heteroatoms. The number of carbonyl (C=O) groups excluding carboxylic acids is 3. The summed E-state index contributed by atoms with van der Waals surface area (Å²) in [5, 5.41) is -0.536. The molecule has 3 heterocycles. The van der Waals surface area contributed by atoms with Gasteiger partial charge in [-0.15, -0.1) is 0 Å². The Bertz CT molecular complexity index is 1580. The van der Waals surface area contributed by atoms with E-state index in [9.17, 15) is 22.8 Å². The molecule has 10 nitrogen and oxygen atoms in total. The number of hydrogen-bond acceptors (Lipinski definition) is 7. The van der Waals surface area contributed by atoms with Gasteiger partial charge in [0.15, 0.2) is 5.78 Å². The molecule has 238 valence electrons. The van der Waals surface area contributed by atoms with Gasteiger partial charge in [0.05, 0.1) is 34.3 Å². The second kappa shape index (κ2) is 11.9. The third kappa shape index (κ3) is 6.04. The van der Waals surface area contributed by atoms with Crippen molar-refractivity contribution >= 4 is 38.7 Å². The summed E-state index contributed by atoms with van der Waals surface area (Å²) in [6, 6.07) is 7.59. The lowest BCUT2D eigenvalue weighted by Gasteiger charge is -2.27. The average Bonchev–Trinajstić information content (AvgIpc) is 3.87. The van der Waals surface area contributed by atoms with E-state index in [1.165, 1.54) is 0 Å². The Morgan fingerprint density at radius 1 is 1.11 bits per heavy atom. The normalized spacial score (nSPS) is 30.8. The third-order valence-electron chi connectivity index (χ3n) is 9.84. The minimum atomic E-state index is -3.76. The highest BCUT2D eigenvalue weighted by Gasteiger charge is 2.61. The number of hydrogen-bond donors (Lipinski definition) is 1. The molecular weight excluding hydrogens is 580 g/mol. The van der Waals surface area contributed by atoms with Crippen molar-refractivity contribution in [3.8, 4) is 6.01 Å². The number of imidazole rings is 1. The number of nitrogens with one attached hydrogen (secondary N) is 1. The molecule has 1 saturated heterocycles. The second-order valence-corrected chi connectivity index (χ2v) is 15.5. The Balaban J connectivity index is 1.28. The topological polar surface area (TPSA) is 128 Å². The fraction of sp³-hybridized carbons (Fsp3) is 0.636. The number of nitrogens with zero attached hydrogens (tertiary/aromatic N) is 3. The van der Waals surface area contributed by atoms with Gasteiger partial charge in [-0.1, -0.05) is 44.1 Å². The van der Waals surface area contributed by atoms with Gasteiger partial charge < -0.3 is 9.64 Å². The Morgan fingerprint density at radius 3 is 2.64 bits per heavy atom. The fourth-order valence-electron chi connectivity index (χ4n) is 6.99. The maximum Gasteiger partial charge on any atom is 0.297 e. The van der Waals surface area contributed by atoms with Crippen molar-refractivity contribution < 1.29 is 27.5 Å². The van der Waals surface area contributed by atoms with E-state index in [4.69, 9.17) is 9.72 Å². The number of amides is 2. The van der Waals surface area contributed by atoms with Gasteiger partial charge in [-0.3, -0.25) is 23.7 Å². The monoisotopic (exact) mass is 624 g/mol. The predicted molar refractivity (Wildman–Crippen MR) is 166 cm³/mol. The highest BCUT2D eigenvalue weighted by atomic mass is 32.2. The van der Waals surface area contributed by atoms with Crippen LogP contribution in [0.4, 0.5) is 0 Å². The predicted octanol–water partition coefficient (Wildman–Crippen LogP) is 4.70. The zero-order chi connectivity index (χ0) is 31.2. The maximum absolute atomic E-state index is 14.1. The summed E-state index contributed by atoms with van der Waals surface area (Å²) in [6.45, 7) is 6.29. The van der Waals surface area contributed by atoms with E-state index < -0.39 is 38.7 Å². The molecule has 2 aliphatic carbocycles. The van der Waals surface area contributed by atoms with Gasteiger partial charge in [0.2, 0.25) is 21.8 Å². The van der Waals surface area contributed by atoms with E-state index in [0.29, 0.717) is 25.3 Å². The van der Waals surface area contributed by atoms with Gasteiger partial charge in [-0.05, 0) is 70.4 Å². The minimum Gasteiger partial charge on any atom is -0.459 e. The molecule has 44 heavy (non-hydrogen) atoms. The van der Waals surface area contributed by atoms with Gasteiger partial charge >= 0.3 is 0 Å². The van der Waals surface area contributed by atoms with Crippen molar-refractivity contribution in [2.75, 3.05) is 6.54 Å². The van der Waals surface area contributed by atoms with Crippen molar-refractivity contribution in [2.45, 2.75) is 108 Å². The van der Waals surface area contributed by atoms with Crippen LogP contribution in [0.5, 0.6) is 6.01 Å². The molecule has 2 saturated carbocycles. The summed E-state index contributed by atoms with van der Waals surface area (Å²) in [7, 11) is -3.76. The van der Waals surface area contributed by atoms with Crippen molar-refractivity contribution in [1.29, 1.82) is 0 Å². The second-order valence-electron chi connectivity index (χ2n) is 13.6. The van der Waals surface area contributed by atoms with Gasteiger partial charge in [-0.2, -0.15) is 4.98 Å². The number of ether oxygens (including phenoxy) is 1. The zero-order valence-electron chi connectivity index (χ0n) is 25.9. The van der Waals surface area contributed by atoms with Crippen LogP contribution in [0.25, 0.3) is 11.0 Å². The number of ketones is 1. The first kappa shape index (κ1) is 30.8. The van der Waals surface area contributed by atoms with Gasteiger partial charge in [0.1, 0.15) is 6.10 Å². The van der Waals surface area contributed by atoms with Crippen LogP contribution in [0, 0.1) is 17.3 Å². The number of benzene rings is 1. The van der Waals surface area contributed by atoms with E-state index in [-0.39, 0.29) is 49.0 Å². The van der Waals surface area contributed by atoms with Crippen LogP contribution in [-0.2, 0) is 24.4 Å². The maximum atomic E-state index is 14.1. The first-order chi connectivity index (χ1) is 21.0. The Labute approximate surface area is 259 Å². The van der Waals surface area contributed by atoms with E-state index >= 15 is 0 Å². The van der Waals surface area contributed by atoms with Crippen molar-refractivity contribution in [2.24, 2.45) is 17.3 Å². The van der Waals surface area contributed by atoms with Crippen molar-refractivity contribution in [1.82, 2.24) is 19.2 Å². The molecule has 5 atom stereocenters. The standard InChI is InChI=1S/C33H44N4O6S/c1-21(2)37-27-14-10-9-13-26(27)34-32(37)43-24-17-28-29(38)19-33(31(40)35-44(41,42)25-15-16-25)18-23(33)12-8-6-4-5-7-11-22(3)30(39)36(28)20-24/h8-10,12-14,21-25,28H,4-7,11,15-20H2,1-3H3,(H,35,40)/b12-8-/t22-,23+,24+,28-,33+/m0/s1. The molecule has 1 aromatic carbocycles. The lowest BCUT2D eigenvalue weighted by atomic mass is 9.91.